The van der Waals surface area contributed by atoms with Crippen LogP contribution in [0.1, 0.15) is 17.0 Å². The van der Waals surface area contributed by atoms with E-state index in [-0.39, 0.29) is 25.0 Å². The summed E-state index contributed by atoms with van der Waals surface area (Å²) in [6, 6.07) is 7.84. The van der Waals surface area contributed by atoms with E-state index in [0.29, 0.717) is 6.54 Å². The molecule has 0 saturated carbocycles. The molecule has 0 aromatic heterocycles. The molecule has 1 aliphatic rings. The molecule has 0 aliphatic carbocycles. The molecule has 1 heterocycles. The van der Waals surface area contributed by atoms with E-state index in [1.165, 1.54) is 0 Å². The average Bonchev–Trinajstić information content (AvgIpc) is 2.43. The van der Waals surface area contributed by atoms with E-state index in [4.69, 9.17) is 5.11 Å². The topological polar surface area (TPSA) is 81.6 Å². The normalized spacial score (nSPS) is 20.0. The van der Waals surface area contributed by atoms with Crippen LogP contribution in [0.3, 0.4) is 0 Å². The molecule has 0 fully saturated rings. The third kappa shape index (κ3) is 2.87. The molecule has 5 heteroatoms. The van der Waals surface area contributed by atoms with Crippen LogP contribution in [0.4, 0.5) is 0 Å². The van der Waals surface area contributed by atoms with Gasteiger partial charge in [0.1, 0.15) is 0 Å². The molecular weight excluding hydrogens is 232 g/mol. The molecule has 0 radical (unpaired) electrons. The summed E-state index contributed by atoms with van der Waals surface area (Å²) in [6.45, 7) is 1.10. The van der Waals surface area contributed by atoms with Crippen molar-refractivity contribution in [2.75, 3.05) is 19.7 Å². The molecule has 0 bridgehead atoms. The van der Waals surface area contributed by atoms with Gasteiger partial charge in [0.2, 0.25) is 5.91 Å². The highest BCUT2D eigenvalue weighted by Gasteiger charge is 2.25. The molecule has 2 atom stereocenters. The predicted octanol–water partition coefficient (Wildman–Crippen LogP) is -0.657. The molecule has 4 N–H and O–H groups in total. The second kappa shape index (κ2) is 5.95. The van der Waals surface area contributed by atoms with Gasteiger partial charge in [0.25, 0.3) is 0 Å². The van der Waals surface area contributed by atoms with Crippen LogP contribution in [0.25, 0.3) is 0 Å². The van der Waals surface area contributed by atoms with E-state index >= 15 is 0 Å². The van der Waals surface area contributed by atoms with Crippen molar-refractivity contribution in [3.05, 3.63) is 35.4 Å². The van der Waals surface area contributed by atoms with Crippen LogP contribution in [-0.4, -0.2) is 41.9 Å². The van der Waals surface area contributed by atoms with Gasteiger partial charge in [-0.2, -0.15) is 0 Å². The highest BCUT2D eigenvalue weighted by molar-refractivity contribution is 5.84. The lowest BCUT2D eigenvalue weighted by Crippen LogP contribution is -2.42. The molecule has 1 aromatic carbocycles. The first-order chi connectivity index (χ1) is 8.72. The summed E-state index contributed by atoms with van der Waals surface area (Å²) >= 11 is 0. The maximum absolute atomic E-state index is 12.0. The largest absolute Gasteiger partial charge is 0.394 e. The summed E-state index contributed by atoms with van der Waals surface area (Å²) in [5.41, 5.74) is 2.17. The Morgan fingerprint density at radius 2 is 2.28 bits per heavy atom. The minimum Gasteiger partial charge on any atom is -0.394 e. The number of nitrogens with one attached hydrogen (secondary N) is 2. The van der Waals surface area contributed by atoms with Crippen molar-refractivity contribution in [1.82, 2.24) is 10.6 Å². The third-order valence-electron chi connectivity index (χ3n) is 3.13. The van der Waals surface area contributed by atoms with E-state index in [0.717, 1.165) is 17.7 Å². The predicted molar refractivity (Wildman–Crippen MR) is 67.0 cm³/mol. The molecule has 18 heavy (non-hydrogen) atoms. The summed E-state index contributed by atoms with van der Waals surface area (Å²) in [6.07, 6.45) is -0.902. The Kier molecular flexibility index (Phi) is 4.30. The second-order valence-corrected chi connectivity index (χ2v) is 4.46. The Hall–Kier alpha value is -1.43. The van der Waals surface area contributed by atoms with Gasteiger partial charge in [-0.1, -0.05) is 24.3 Å². The van der Waals surface area contributed by atoms with E-state index in [1.54, 1.807) is 0 Å². The Bertz CT molecular complexity index is 422. The molecular formula is C13H18N2O3. The number of rotatable bonds is 4. The van der Waals surface area contributed by atoms with Gasteiger partial charge in [0.05, 0.1) is 18.6 Å². The Labute approximate surface area is 106 Å². The monoisotopic (exact) mass is 250 g/mol. The van der Waals surface area contributed by atoms with E-state index in [2.05, 4.69) is 10.6 Å². The Morgan fingerprint density at radius 1 is 1.50 bits per heavy atom. The fourth-order valence-electron chi connectivity index (χ4n) is 2.14. The third-order valence-corrected chi connectivity index (χ3v) is 3.13. The SMILES string of the molecule is O=C(NCC(O)CO)C1CNCc2ccccc21. The molecule has 0 saturated heterocycles. The van der Waals surface area contributed by atoms with Gasteiger partial charge in [-0.15, -0.1) is 0 Å². The van der Waals surface area contributed by atoms with Gasteiger partial charge < -0.3 is 20.8 Å². The van der Waals surface area contributed by atoms with Crippen LogP contribution < -0.4 is 10.6 Å². The van der Waals surface area contributed by atoms with Crippen molar-refractivity contribution in [2.45, 2.75) is 18.6 Å². The number of aliphatic hydroxyl groups excluding tert-OH is 2. The lowest BCUT2D eigenvalue weighted by Gasteiger charge is -2.25. The summed E-state index contributed by atoms with van der Waals surface area (Å²) in [4.78, 5) is 12.0. The van der Waals surface area contributed by atoms with Gasteiger partial charge in [-0.3, -0.25) is 4.79 Å². The van der Waals surface area contributed by atoms with Crippen LogP contribution >= 0.6 is 0 Å². The average molecular weight is 250 g/mol. The molecule has 5 nitrogen and oxygen atoms in total. The fourth-order valence-corrected chi connectivity index (χ4v) is 2.14. The lowest BCUT2D eigenvalue weighted by molar-refractivity contribution is -0.123. The zero-order valence-electron chi connectivity index (χ0n) is 10.1. The van der Waals surface area contributed by atoms with Gasteiger partial charge in [0, 0.05) is 19.6 Å². The smallest absolute Gasteiger partial charge is 0.228 e. The zero-order chi connectivity index (χ0) is 13.0. The van der Waals surface area contributed by atoms with Crippen LogP contribution in [0.2, 0.25) is 0 Å². The lowest BCUT2D eigenvalue weighted by atomic mass is 9.90. The molecule has 2 unspecified atom stereocenters. The van der Waals surface area contributed by atoms with Crippen molar-refractivity contribution < 1.29 is 15.0 Å². The molecule has 98 valence electrons. The summed E-state index contributed by atoms with van der Waals surface area (Å²) in [5.74, 6) is -0.358. The van der Waals surface area contributed by atoms with Crippen LogP contribution in [0, 0.1) is 0 Å². The van der Waals surface area contributed by atoms with Gasteiger partial charge in [-0.25, -0.2) is 0 Å². The molecule has 1 amide bonds. The van der Waals surface area contributed by atoms with Gasteiger partial charge in [0.15, 0.2) is 0 Å². The van der Waals surface area contributed by atoms with E-state index < -0.39 is 6.10 Å². The van der Waals surface area contributed by atoms with Crippen molar-refractivity contribution >= 4 is 5.91 Å². The first-order valence-electron chi connectivity index (χ1n) is 6.07. The van der Waals surface area contributed by atoms with Crippen molar-refractivity contribution in [1.29, 1.82) is 0 Å². The summed E-state index contributed by atoms with van der Waals surface area (Å²) in [5, 5.41) is 23.8. The van der Waals surface area contributed by atoms with Crippen LogP contribution in [-0.2, 0) is 11.3 Å². The summed E-state index contributed by atoms with van der Waals surface area (Å²) in [7, 11) is 0. The molecule has 1 aliphatic heterocycles. The number of amides is 1. The fraction of sp³-hybridized carbons (Fsp3) is 0.462. The number of hydrogen-bond donors (Lipinski definition) is 4. The maximum Gasteiger partial charge on any atom is 0.228 e. The second-order valence-electron chi connectivity index (χ2n) is 4.46. The molecule has 2 rings (SSSR count). The maximum atomic E-state index is 12.0. The van der Waals surface area contributed by atoms with Crippen LogP contribution in [0.5, 0.6) is 0 Å². The Balaban J connectivity index is 2.04. The van der Waals surface area contributed by atoms with Crippen LogP contribution in [0.15, 0.2) is 24.3 Å². The van der Waals surface area contributed by atoms with Crippen molar-refractivity contribution in [3.8, 4) is 0 Å². The first-order valence-corrected chi connectivity index (χ1v) is 6.07. The highest BCUT2D eigenvalue weighted by atomic mass is 16.3. The minimum atomic E-state index is -0.902. The number of carbonyl (C=O) groups is 1. The standard InChI is InChI=1S/C13H18N2O3/c16-8-10(17)6-15-13(18)12-7-14-5-9-3-1-2-4-11(9)12/h1-4,10,12,14,16-17H,5-8H2,(H,15,18). The minimum absolute atomic E-state index is 0.0774. The first kappa shape index (κ1) is 13.0. The number of aliphatic hydroxyl groups is 2. The summed E-state index contributed by atoms with van der Waals surface area (Å²) < 4.78 is 0. The van der Waals surface area contributed by atoms with E-state index in [1.807, 2.05) is 24.3 Å². The van der Waals surface area contributed by atoms with Gasteiger partial charge in [-0.05, 0) is 11.1 Å². The molecule has 0 spiro atoms. The van der Waals surface area contributed by atoms with Crippen molar-refractivity contribution in [2.24, 2.45) is 0 Å². The quantitative estimate of drug-likeness (QED) is 0.572. The van der Waals surface area contributed by atoms with Crippen molar-refractivity contribution in [3.63, 3.8) is 0 Å². The Morgan fingerprint density at radius 3 is 3.06 bits per heavy atom. The number of carbonyl (C=O) groups excluding carboxylic acids is 1. The number of fused-ring (bicyclic) bond motifs is 1. The number of benzene rings is 1. The molecule has 1 aromatic rings. The number of hydrogen-bond acceptors (Lipinski definition) is 4. The van der Waals surface area contributed by atoms with E-state index in [9.17, 15) is 9.90 Å². The van der Waals surface area contributed by atoms with Gasteiger partial charge >= 0.3 is 0 Å². The highest BCUT2D eigenvalue weighted by Crippen LogP contribution is 2.23. The zero-order valence-corrected chi connectivity index (χ0v) is 10.1.